The van der Waals surface area contributed by atoms with Gasteiger partial charge in [-0.1, -0.05) is 12.1 Å². The van der Waals surface area contributed by atoms with Gasteiger partial charge in [-0.3, -0.25) is 9.59 Å². The third-order valence-corrected chi connectivity index (χ3v) is 4.64. The number of carbonyl (C=O) groups excluding carboxylic acids is 2. The Morgan fingerprint density at radius 2 is 1.92 bits per heavy atom. The van der Waals surface area contributed by atoms with Crippen LogP contribution in [-0.4, -0.2) is 35.5 Å². The molecule has 132 valence electrons. The van der Waals surface area contributed by atoms with E-state index in [-0.39, 0.29) is 5.91 Å². The number of nitrogens with two attached hydrogens (primary N) is 1. The summed E-state index contributed by atoms with van der Waals surface area (Å²) < 4.78 is 5.23. The van der Waals surface area contributed by atoms with Gasteiger partial charge in [-0.2, -0.15) is 0 Å². The number of hydrogen-bond donors (Lipinski definition) is 3. The largest absolute Gasteiger partial charge is 0.481 e. The lowest BCUT2D eigenvalue weighted by Crippen LogP contribution is -2.42. The zero-order chi connectivity index (χ0) is 18.6. The number of thiophene rings is 1. The Labute approximate surface area is 148 Å². The molecule has 0 aliphatic carbocycles. The number of amides is 2. The van der Waals surface area contributed by atoms with Gasteiger partial charge >= 0.3 is 5.97 Å². The number of primary amides is 1. The number of aliphatic carboxylic acids is 1. The highest BCUT2D eigenvalue weighted by Crippen LogP contribution is 2.36. The monoisotopic (exact) mass is 362 g/mol. The van der Waals surface area contributed by atoms with Crippen LogP contribution in [0.15, 0.2) is 29.6 Å². The number of hydrogen-bond acceptors (Lipinski definition) is 5. The van der Waals surface area contributed by atoms with Crippen molar-refractivity contribution in [2.75, 3.05) is 6.61 Å². The maximum atomic E-state index is 12.0. The van der Waals surface area contributed by atoms with Gasteiger partial charge in [0.15, 0.2) is 6.61 Å². The maximum Gasteiger partial charge on any atom is 0.341 e. The second kappa shape index (κ2) is 7.80. The van der Waals surface area contributed by atoms with Crippen LogP contribution in [0.3, 0.4) is 0 Å². The van der Waals surface area contributed by atoms with Gasteiger partial charge in [-0.25, -0.2) is 4.79 Å². The van der Waals surface area contributed by atoms with Crippen molar-refractivity contribution in [3.63, 3.8) is 0 Å². The molecule has 1 aromatic carbocycles. The van der Waals surface area contributed by atoms with Gasteiger partial charge in [0.1, 0.15) is 11.8 Å². The fourth-order valence-electron chi connectivity index (χ4n) is 2.09. The highest BCUT2D eigenvalue weighted by Gasteiger charge is 2.15. The van der Waals surface area contributed by atoms with Crippen LogP contribution in [0.2, 0.25) is 0 Å². The first-order valence-electron chi connectivity index (χ1n) is 7.43. The average molecular weight is 362 g/mol. The van der Waals surface area contributed by atoms with E-state index in [1.54, 1.807) is 29.6 Å². The molecule has 0 saturated heterocycles. The van der Waals surface area contributed by atoms with Gasteiger partial charge < -0.3 is 20.9 Å². The number of rotatable bonds is 7. The lowest BCUT2D eigenvalue weighted by molar-refractivity contribution is -0.139. The van der Waals surface area contributed by atoms with Crippen LogP contribution in [-0.2, 0) is 9.59 Å². The fourth-order valence-corrected chi connectivity index (χ4v) is 3.11. The van der Waals surface area contributed by atoms with E-state index in [0.717, 1.165) is 16.0 Å². The summed E-state index contributed by atoms with van der Waals surface area (Å²) >= 11 is 1.43. The van der Waals surface area contributed by atoms with E-state index in [1.165, 1.54) is 18.3 Å². The Balaban J connectivity index is 2.13. The van der Waals surface area contributed by atoms with E-state index in [1.807, 2.05) is 6.92 Å². The molecule has 8 heteroatoms. The summed E-state index contributed by atoms with van der Waals surface area (Å²) in [6.07, 6.45) is 0. The molecule has 2 aromatic rings. The third-order valence-electron chi connectivity index (χ3n) is 3.53. The lowest BCUT2D eigenvalue weighted by Gasteiger charge is -2.10. The lowest BCUT2D eigenvalue weighted by atomic mass is 10.1. The van der Waals surface area contributed by atoms with E-state index in [4.69, 9.17) is 15.6 Å². The SMILES string of the molecule is Cc1c(OCC(=O)O)csc1-c1ccc(C(=O)NC(C)C(N)=O)cc1. The van der Waals surface area contributed by atoms with Gasteiger partial charge in [0.25, 0.3) is 5.91 Å². The standard InChI is InChI=1S/C17H18N2O5S/c1-9-13(24-7-14(20)21)8-25-15(9)11-3-5-12(6-4-11)17(23)19-10(2)16(18)22/h3-6,8,10H,7H2,1-2H3,(H2,18,22)(H,19,23)(H,20,21). The second-order valence-electron chi connectivity index (χ2n) is 5.41. The number of benzene rings is 1. The van der Waals surface area contributed by atoms with Crippen LogP contribution < -0.4 is 15.8 Å². The molecule has 1 unspecified atom stereocenters. The average Bonchev–Trinajstić information content (AvgIpc) is 2.93. The van der Waals surface area contributed by atoms with Crippen molar-refractivity contribution in [3.8, 4) is 16.2 Å². The highest BCUT2D eigenvalue weighted by molar-refractivity contribution is 7.14. The van der Waals surface area contributed by atoms with E-state index < -0.39 is 24.5 Å². The van der Waals surface area contributed by atoms with Crippen molar-refractivity contribution >= 4 is 29.1 Å². The summed E-state index contributed by atoms with van der Waals surface area (Å²) in [5.41, 5.74) is 7.25. The predicted molar refractivity (Wildman–Crippen MR) is 93.7 cm³/mol. The van der Waals surface area contributed by atoms with Crippen LogP contribution in [0.5, 0.6) is 5.75 Å². The number of carboxylic acids is 1. The minimum Gasteiger partial charge on any atom is -0.481 e. The number of nitrogens with one attached hydrogen (secondary N) is 1. The van der Waals surface area contributed by atoms with E-state index in [0.29, 0.717) is 11.3 Å². The Morgan fingerprint density at radius 3 is 2.48 bits per heavy atom. The molecule has 0 fully saturated rings. The van der Waals surface area contributed by atoms with Crippen molar-refractivity contribution in [2.24, 2.45) is 5.73 Å². The summed E-state index contributed by atoms with van der Waals surface area (Å²) in [4.78, 5) is 34.6. The Bertz CT molecular complexity index is 798. The first-order chi connectivity index (χ1) is 11.8. The topological polar surface area (TPSA) is 119 Å². The van der Waals surface area contributed by atoms with Crippen molar-refractivity contribution in [1.29, 1.82) is 0 Å². The van der Waals surface area contributed by atoms with Crippen LogP contribution >= 0.6 is 11.3 Å². The number of carboxylic acid groups (broad SMARTS) is 1. The Kier molecular flexibility index (Phi) is 5.76. The van der Waals surface area contributed by atoms with Crippen molar-refractivity contribution in [3.05, 3.63) is 40.8 Å². The number of carbonyl (C=O) groups is 3. The molecular formula is C17H18N2O5S. The smallest absolute Gasteiger partial charge is 0.341 e. The zero-order valence-electron chi connectivity index (χ0n) is 13.7. The molecule has 0 aliphatic heterocycles. The Hall–Kier alpha value is -2.87. The van der Waals surface area contributed by atoms with Gasteiger partial charge in [-0.15, -0.1) is 11.3 Å². The molecule has 2 rings (SSSR count). The molecule has 0 aliphatic rings. The normalized spacial score (nSPS) is 11.6. The summed E-state index contributed by atoms with van der Waals surface area (Å²) in [5, 5.41) is 12.9. The third kappa shape index (κ3) is 4.57. The molecule has 1 aromatic heterocycles. The summed E-state index contributed by atoms with van der Waals surface area (Å²) in [6, 6.07) is 6.11. The maximum absolute atomic E-state index is 12.0. The van der Waals surface area contributed by atoms with Gasteiger partial charge in [-0.05, 0) is 31.5 Å². The van der Waals surface area contributed by atoms with Crippen molar-refractivity contribution in [2.45, 2.75) is 19.9 Å². The highest BCUT2D eigenvalue weighted by atomic mass is 32.1. The van der Waals surface area contributed by atoms with E-state index in [2.05, 4.69) is 5.32 Å². The minimum atomic E-state index is -1.03. The molecule has 0 bridgehead atoms. The van der Waals surface area contributed by atoms with Crippen LogP contribution in [0, 0.1) is 6.92 Å². The molecule has 2 amide bonds. The molecular weight excluding hydrogens is 344 g/mol. The Morgan fingerprint density at radius 1 is 1.28 bits per heavy atom. The fraction of sp³-hybridized carbons (Fsp3) is 0.235. The van der Waals surface area contributed by atoms with Crippen molar-refractivity contribution in [1.82, 2.24) is 5.32 Å². The molecule has 25 heavy (non-hydrogen) atoms. The summed E-state index contributed by atoms with van der Waals surface area (Å²) in [7, 11) is 0. The minimum absolute atomic E-state index is 0.383. The molecule has 7 nitrogen and oxygen atoms in total. The van der Waals surface area contributed by atoms with Gasteiger partial charge in [0, 0.05) is 21.4 Å². The second-order valence-corrected chi connectivity index (χ2v) is 6.29. The summed E-state index contributed by atoms with van der Waals surface area (Å²) in [5.74, 6) is -1.49. The zero-order valence-corrected chi connectivity index (χ0v) is 14.6. The number of ether oxygens (including phenoxy) is 1. The molecule has 1 heterocycles. The van der Waals surface area contributed by atoms with Crippen molar-refractivity contribution < 1.29 is 24.2 Å². The first-order valence-corrected chi connectivity index (χ1v) is 8.31. The van der Waals surface area contributed by atoms with E-state index >= 15 is 0 Å². The van der Waals surface area contributed by atoms with Gasteiger partial charge in [0.2, 0.25) is 5.91 Å². The molecule has 1 atom stereocenters. The van der Waals surface area contributed by atoms with Crippen LogP contribution in [0.4, 0.5) is 0 Å². The van der Waals surface area contributed by atoms with Crippen LogP contribution in [0.1, 0.15) is 22.8 Å². The van der Waals surface area contributed by atoms with Gasteiger partial charge in [0.05, 0.1) is 0 Å². The van der Waals surface area contributed by atoms with E-state index in [9.17, 15) is 14.4 Å². The molecule has 0 radical (unpaired) electrons. The molecule has 0 spiro atoms. The quantitative estimate of drug-likeness (QED) is 0.694. The van der Waals surface area contributed by atoms with Crippen LogP contribution in [0.25, 0.3) is 10.4 Å². The predicted octanol–water partition coefficient (Wildman–Crippen LogP) is 1.79. The molecule has 0 saturated carbocycles. The summed E-state index contributed by atoms with van der Waals surface area (Å²) in [6.45, 7) is 2.97. The molecule has 4 N–H and O–H groups in total. The first kappa shape index (κ1) is 18.5.